The largest absolute Gasteiger partial charge is 0.508 e. The molecule has 1 rings (SSSR count). The fourth-order valence-corrected chi connectivity index (χ4v) is 3.63. The van der Waals surface area contributed by atoms with Crippen molar-refractivity contribution < 1.29 is 39.3 Å². The summed E-state index contributed by atoms with van der Waals surface area (Å²) in [7, 11) is 0. The number of aromatic hydroxyl groups is 1. The predicted molar refractivity (Wildman–Crippen MR) is 136 cm³/mol. The Kier molecular flexibility index (Phi) is 13.4. The molecular formula is C23H35N5O8S. The fraction of sp³-hybridized carbons (Fsp3) is 0.522. The third-order valence-corrected chi connectivity index (χ3v) is 6.01. The number of thioether (sulfide) groups is 1. The van der Waals surface area contributed by atoms with Crippen LogP contribution in [-0.4, -0.2) is 87.2 Å². The van der Waals surface area contributed by atoms with E-state index in [2.05, 4.69) is 16.0 Å². The summed E-state index contributed by atoms with van der Waals surface area (Å²) in [6, 6.07) is 0.669. The molecule has 0 radical (unpaired) electrons. The number of hydrogen-bond acceptors (Lipinski definition) is 9. The number of carboxylic acid groups (broad SMARTS) is 1. The molecule has 10 N–H and O–H groups in total. The molecule has 0 spiro atoms. The van der Waals surface area contributed by atoms with Gasteiger partial charge in [0.1, 0.15) is 29.9 Å². The molecule has 4 amide bonds. The highest BCUT2D eigenvalue weighted by molar-refractivity contribution is 7.98. The summed E-state index contributed by atoms with van der Waals surface area (Å²) in [5.41, 5.74) is 11.4. The van der Waals surface area contributed by atoms with Crippen LogP contribution in [-0.2, 0) is 30.4 Å². The third kappa shape index (κ3) is 11.5. The lowest BCUT2D eigenvalue weighted by Crippen LogP contribution is -2.58. The zero-order valence-electron chi connectivity index (χ0n) is 20.7. The first-order valence-electron chi connectivity index (χ1n) is 11.5. The monoisotopic (exact) mass is 541 g/mol. The molecule has 0 saturated heterocycles. The van der Waals surface area contributed by atoms with Crippen molar-refractivity contribution >= 4 is 41.4 Å². The van der Waals surface area contributed by atoms with Crippen LogP contribution in [0.3, 0.4) is 0 Å². The highest BCUT2D eigenvalue weighted by Gasteiger charge is 2.31. The highest BCUT2D eigenvalue weighted by Crippen LogP contribution is 2.12. The van der Waals surface area contributed by atoms with Crippen molar-refractivity contribution in [3.63, 3.8) is 0 Å². The maximum Gasteiger partial charge on any atom is 0.326 e. The first kappa shape index (κ1) is 31.7. The minimum Gasteiger partial charge on any atom is -0.508 e. The van der Waals surface area contributed by atoms with Gasteiger partial charge in [-0.25, -0.2) is 4.79 Å². The van der Waals surface area contributed by atoms with E-state index in [1.807, 2.05) is 0 Å². The maximum atomic E-state index is 13.2. The van der Waals surface area contributed by atoms with Crippen LogP contribution >= 0.6 is 11.8 Å². The normalized spacial score (nSPS) is 14.9. The summed E-state index contributed by atoms with van der Waals surface area (Å²) in [4.78, 5) is 61.4. The van der Waals surface area contributed by atoms with E-state index < -0.39 is 59.9 Å². The van der Waals surface area contributed by atoms with Gasteiger partial charge in [0.15, 0.2) is 0 Å². The van der Waals surface area contributed by atoms with E-state index in [0.29, 0.717) is 11.3 Å². The van der Waals surface area contributed by atoms with Crippen molar-refractivity contribution in [1.29, 1.82) is 0 Å². The van der Waals surface area contributed by atoms with E-state index in [9.17, 15) is 39.3 Å². The number of carbonyl (C=O) groups excluding carboxylic acids is 4. The molecule has 14 heteroatoms. The molecule has 5 unspecified atom stereocenters. The van der Waals surface area contributed by atoms with Crippen LogP contribution < -0.4 is 27.4 Å². The van der Waals surface area contributed by atoms with Crippen molar-refractivity contribution in [3.8, 4) is 5.75 Å². The summed E-state index contributed by atoms with van der Waals surface area (Å²) in [5.74, 6) is -4.02. The molecule has 1 aromatic rings. The van der Waals surface area contributed by atoms with Gasteiger partial charge in [0.2, 0.25) is 23.6 Å². The van der Waals surface area contributed by atoms with E-state index in [0.717, 1.165) is 0 Å². The van der Waals surface area contributed by atoms with E-state index in [-0.39, 0.29) is 31.4 Å². The second-order valence-electron chi connectivity index (χ2n) is 8.45. The van der Waals surface area contributed by atoms with Gasteiger partial charge in [0.05, 0.1) is 6.10 Å². The Hall–Kier alpha value is -3.36. The second kappa shape index (κ2) is 15.7. The molecule has 0 saturated carbocycles. The molecule has 1 aromatic carbocycles. The van der Waals surface area contributed by atoms with Crippen LogP contribution in [0.4, 0.5) is 0 Å². The summed E-state index contributed by atoms with van der Waals surface area (Å²) in [5, 5.41) is 35.8. The average molecular weight is 542 g/mol. The number of aliphatic hydroxyl groups is 1. The number of primary amides is 1. The lowest BCUT2D eigenvalue weighted by atomic mass is 10.0. The van der Waals surface area contributed by atoms with Crippen molar-refractivity contribution in [2.24, 2.45) is 11.5 Å². The Morgan fingerprint density at radius 3 is 1.97 bits per heavy atom. The average Bonchev–Trinajstić information content (AvgIpc) is 2.83. The van der Waals surface area contributed by atoms with Gasteiger partial charge in [-0.15, -0.1) is 0 Å². The van der Waals surface area contributed by atoms with Gasteiger partial charge in [-0.1, -0.05) is 12.1 Å². The first-order chi connectivity index (χ1) is 17.3. The van der Waals surface area contributed by atoms with Gasteiger partial charge >= 0.3 is 5.97 Å². The first-order valence-corrected chi connectivity index (χ1v) is 12.9. The summed E-state index contributed by atoms with van der Waals surface area (Å²) < 4.78 is 0. The zero-order valence-corrected chi connectivity index (χ0v) is 21.5. The van der Waals surface area contributed by atoms with E-state index in [1.54, 1.807) is 6.26 Å². The summed E-state index contributed by atoms with van der Waals surface area (Å²) in [6.45, 7) is 1.30. The number of aliphatic carboxylic acids is 1. The number of phenols is 1. The molecule has 5 atom stereocenters. The highest BCUT2D eigenvalue weighted by atomic mass is 32.2. The number of phenolic OH excluding ortho intramolecular Hbond substituents is 1. The molecule has 13 nitrogen and oxygen atoms in total. The van der Waals surface area contributed by atoms with Gasteiger partial charge in [0, 0.05) is 12.8 Å². The molecule has 0 aliphatic heterocycles. The number of rotatable bonds is 16. The molecule has 0 aromatic heterocycles. The predicted octanol–water partition coefficient (Wildman–Crippen LogP) is -1.80. The Morgan fingerprint density at radius 1 is 0.919 bits per heavy atom. The molecule has 37 heavy (non-hydrogen) atoms. The number of hydrogen-bond donors (Lipinski definition) is 8. The SMILES string of the molecule is CSCCC(NC(=O)C(CCC(N)=O)NC(=O)C(Cc1ccc(O)cc1)NC(=O)C(N)C(C)O)C(=O)O. The number of carbonyl (C=O) groups is 5. The molecule has 0 fully saturated rings. The topological polar surface area (TPSA) is 234 Å². The zero-order chi connectivity index (χ0) is 28.1. The fourth-order valence-electron chi connectivity index (χ4n) is 3.16. The van der Waals surface area contributed by atoms with E-state index in [1.165, 1.54) is 43.0 Å². The number of carboxylic acids is 1. The van der Waals surface area contributed by atoms with Gasteiger partial charge < -0.3 is 42.7 Å². The van der Waals surface area contributed by atoms with Crippen molar-refractivity contribution in [3.05, 3.63) is 29.8 Å². The molecule has 0 aliphatic rings. The van der Waals surface area contributed by atoms with Gasteiger partial charge in [0.25, 0.3) is 0 Å². The lowest BCUT2D eigenvalue weighted by molar-refractivity contribution is -0.142. The minimum absolute atomic E-state index is 0.0115. The van der Waals surface area contributed by atoms with Crippen molar-refractivity contribution in [2.75, 3.05) is 12.0 Å². The molecule has 0 aliphatic carbocycles. The smallest absolute Gasteiger partial charge is 0.326 e. The number of nitrogens with two attached hydrogens (primary N) is 2. The van der Waals surface area contributed by atoms with E-state index in [4.69, 9.17) is 11.5 Å². The van der Waals surface area contributed by atoms with Crippen LogP contribution in [0.5, 0.6) is 5.75 Å². The van der Waals surface area contributed by atoms with Crippen LogP contribution in [0.15, 0.2) is 24.3 Å². The number of amides is 4. The molecule has 0 bridgehead atoms. The van der Waals surface area contributed by atoms with Gasteiger partial charge in [-0.2, -0.15) is 11.8 Å². The summed E-state index contributed by atoms with van der Waals surface area (Å²) >= 11 is 1.39. The van der Waals surface area contributed by atoms with Crippen molar-refractivity contribution in [2.45, 2.75) is 62.9 Å². The van der Waals surface area contributed by atoms with Crippen LogP contribution in [0.1, 0.15) is 31.7 Å². The Morgan fingerprint density at radius 2 is 1.46 bits per heavy atom. The number of aliphatic hydroxyl groups excluding tert-OH is 1. The molecule has 0 heterocycles. The Balaban J connectivity index is 3.15. The number of benzene rings is 1. The third-order valence-electron chi connectivity index (χ3n) is 5.37. The molecule has 206 valence electrons. The molecular weight excluding hydrogens is 506 g/mol. The summed E-state index contributed by atoms with van der Waals surface area (Å²) in [6.07, 6.45) is 0.149. The van der Waals surface area contributed by atoms with Crippen LogP contribution in [0.25, 0.3) is 0 Å². The Bertz CT molecular complexity index is 944. The number of nitrogens with one attached hydrogen (secondary N) is 3. The van der Waals surface area contributed by atoms with E-state index >= 15 is 0 Å². The second-order valence-corrected chi connectivity index (χ2v) is 9.43. The van der Waals surface area contributed by atoms with Gasteiger partial charge in [-0.3, -0.25) is 19.2 Å². The van der Waals surface area contributed by atoms with Crippen LogP contribution in [0.2, 0.25) is 0 Å². The lowest BCUT2D eigenvalue weighted by Gasteiger charge is -2.25. The minimum atomic E-state index is -1.34. The Labute approximate surface area is 218 Å². The van der Waals surface area contributed by atoms with Crippen molar-refractivity contribution in [1.82, 2.24) is 16.0 Å². The van der Waals surface area contributed by atoms with Gasteiger partial charge in [-0.05, 0) is 49.5 Å². The quantitative estimate of drug-likeness (QED) is 0.117. The van der Waals surface area contributed by atoms with Crippen LogP contribution in [0, 0.1) is 0 Å². The standard InChI is InChI=1S/C23H35N5O8S/c1-12(29)19(25)22(34)28-17(11-13-3-5-14(30)6-4-13)21(33)26-15(7-8-18(24)31)20(32)27-16(23(35)36)9-10-37-2/h3-6,12,15-17,19,29-30H,7-11,25H2,1-2H3,(H2,24,31)(H,26,33)(H,27,32)(H,28,34)(H,35,36). The maximum absolute atomic E-state index is 13.2.